The van der Waals surface area contributed by atoms with Crippen LogP contribution in [0.3, 0.4) is 0 Å². The summed E-state index contributed by atoms with van der Waals surface area (Å²) in [5, 5.41) is 10.8. The minimum absolute atomic E-state index is 1.01. The van der Waals surface area contributed by atoms with E-state index in [-0.39, 0.29) is 0 Å². The van der Waals surface area contributed by atoms with Gasteiger partial charge in [-0.25, -0.2) is 0 Å². The molecule has 8 heavy (non-hydrogen) atoms. The fraction of sp³-hybridized carbons (Fsp3) is 0.500. The van der Waals surface area contributed by atoms with E-state index in [2.05, 4.69) is 12.1 Å². The molecule has 0 aromatic heterocycles. The van der Waals surface area contributed by atoms with Crippen molar-refractivity contribution in [2.45, 2.75) is 20.3 Å². The fourth-order valence-corrected chi connectivity index (χ4v) is 0.278. The van der Waals surface area contributed by atoms with Crippen molar-refractivity contribution in [2.24, 2.45) is 5.16 Å². The van der Waals surface area contributed by atoms with Gasteiger partial charge in [0.2, 0.25) is 0 Å². The third-order valence-corrected chi connectivity index (χ3v) is 0.983. The Morgan fingerprint density at radius 3 is 2.75 bits per heavy atom. The number of allylic oxidation sites excluding steroid dienone is 2. The van der Waals surface area contributed by atoms with Crippen LogP contribution in [0.1, 0.15) is 20.3 Å². The summed E-state index contributed by atoms with van der Waals surface area (Å²) in [6.45, 7) is 4.04. The standard InChI is InChI=1S/C6H11NO/c1-3-6(2)4-5-7-8/h4-5,8H,3H2,1-2H3. The molecule has 0 aromatic carbocycles. The number of nitrogens with zero attached hydrogens (tertiary/aromatic N) is 1. The van der Waals surface area contributed by atoms with Crippen molar-refractivity contribution in [3.05, 3.63) is 11.6 Å². The van der Waals surface area contributed by atoms with Gasteiger partial charge in [-0.15, -0.1) is 0 Å². The van der Waals surface area contributed by atoms with Gasteiger partial charge in [0, 0.05) is 0 Å². The molecular formula is C6H11NO. The highest BCUT2D eigenvalue weighted by atomic mass is 16.4. The van der Waals surface area contributed by atoms with Gasteiger partial charge in [0.15, 0.2) is 0 Å². The molecule has 0 spiro atoms. The molecule has 2 heteroatoms. The molecule has 0 aliphatic heterocycles. The first-order valence-electron chi connectivity index (χ1n) is 2.64. The number of rotatable bonds is 2. The van der Waals surface area contributed by atoms with Crippen LogP contribution in [0.5, 0.6) is 0 Å². The highest BCUT2D eigenvalue weighted by Gasteiger charge is 1.76. The zero-order valence-corrected chi connectivity index (χ0v) is 5.26. The van der Waals surface area contributed by atoms with Crippen molar-refractivity contribution >= 4 is 6.21 Å². The van der Waals surface area contributed by atoms with Crippen LogP contribution in [-0.4, -0.2) is 11.4 Å². The quantitative estimate of drug-likeness (QED) is 0.330. The normalized spacial score (nSPS) is 13.0. The van der Waals surface area contributed by atoms with Crippen LogP contribution < -0.4 is 0 Å². The highest BCUT2D eigenvalue weighted by Crippen LogP contribution is 1.94. The van der Waals surface area contributed by atoms with Crippen molar-refractivity contribution in [3.8, 4) is 0 Å². The molecule has 0 amide bonds. The summed E-state index contributed by atoms with van der Waals surface area (Å²) in [6.07, 6.45) is 4.16. The van der Waals surface area contributed by atoms with E-state index >= 15 is 0 Å². The highest BCUT2D eigenvalue weighted by molar-refractivity contribution is 5.71. The average molecular weight is 113 g/mol. The van der Waals surface area contributed by atoms with Gasteiger partial charge in [-0.2, -0.15) is 0 Å². The van der Waals surface area contributed by atoms with Crippen molar-refractivity contribution < 1.29 is 5.21 Å². The predicted molar refractivity (Wildman–Crippen MR) is 34.3 cm³/mol. The monoisotopic (exact) mass is 113 g/mol. The average Bonchev–Trinajstić information content (AvgIpc) is 1.83. The van der Waals surface area contributed by atoms with Crippen LogP contribution in [-0.2, 0) is 0 Å². The minimum Gasteiger partial charge on any atom is -0.411 e. The maximum atomic E-state index is 7.94. The maximum absolute atomic E-state index is 7.94. The Labute approximate surface area is 49.5 Å². The lowest BCUT2D eigenvalue weighted by molar-refractivity contribution is 0.322. The Bertz CT molecular complexity index is 105. The third-order valence-electron chi connectivity index (χ3n) is 0.983. The molecule has 0 heterocycles. The van der Waals surface area contributed by atoms with E-state index in [1.54, 1.807) is 6.08 Å². The van der Waals surface area contributed by atoms with Crippen LogP contribution in [0.2, 0.25) is 0 Å². The van der Waals surface area contributed by atoms with Gasteiger partial charge in [-0.1, -0.05) is 17.7 Å². The summed E-state index contributed by atoms with van der Waals surface area (Å²) in [6, 6.07) is 0. The number of hydrogen-bond donors (Lipinski definition) is 1. The van der Waals surface area contributed by atoms with Crippen LogP contribution in [0, 0.1) is 0 Å². The Balaban J connectivity index is 3.57. The lowest BCUT2D eigenvalue weighted by atomic mass is 10.2. The SMILES string of the molecule is CCC(C)=CC=NO. The Morgan fingerprint density at radius 2 is 2.38 bits per heavy atom. The summed E-state index contributed by atoms with van der Waals surface area (Å²) >= 11 is 0. The van der Waals surface area contributed by atoms with E-state index in [9.17, 15) is 0 Å². The second-order valence-electron chi connectivity index (χ2n) is 1.63. The molecule has 0 fully saturated rings. The second-order valence-corrected chi connectivity index (χ2v) is 1.63. The van der Waals surface area contributed by atoms with Crippen molar-refractivity contribution in [3.63, 3.8) is 0 Å². The van der Waals surface area contributed by atoms with Gasteiger partial charge < -0.3 is 5.21 Å². The van der Waals surface area contributed by atoms with Crippen molar-refractivity contribution in [1.82, 2.24) is 0 Å². The van der Waals surface area contributed by atoms with E-state index in [1.165, 1.54) is 11.8 Å². The largest absolute Gasteiger partial charge is 0.411 e. The zero-order valence-electron chi connectivity index (χ0n) is 5.26. The molecular weight excluding hydrogens is 102 g/mol. The van der Waals surface area contributed by atoms with Gasteiger partial charge in [0.05, 0.1) is 6.21 Å². The van der Waals surface area contributed by atoms with Gasteiger partial charge >= 0.3 is 0 Å². The lowest BCUT2D eigenvalue weighted by Crippen LogP contribution is -1.71. The first-order chi connectivity index (χ1) is 3.81. The van der Waals surface area contributed by atoms with E-state index in [4.69, 9.17) is 5.21 Å². The maximum Gasteiger partial charge on any atom is 0.0660 e. The smallest absolute Gasteiger partial charge is 0.0660 e. The van der Waals surface area contributed by atoms with Gasteiger partial charge in [-0.3, -0.25) is 0 Å². The molecule has 2 nitrogen and oxygen atoms in total. The number of oxime groups is 1. The van der Waals surface area contributed by atoms with Crippen molar-refractivity contribution in [2.75, 3.05) is 0 Å². The fourth-order valence-electron chi connectivity index (χ4n) is 0.278. The van der Waals surface area contributed by atoms with Crippen LogP contribution in [0.25, 0.3) is 0 Å². The van der Waals surface area contributed by atoms with Gasteiger partial charge in [0.1, 0.15) is 0 Å². The Kier molecular flexibility index (Phi) is 3.94. The summed E-state index contributed by atoms with van der Waals surface area (Å²) in [5.74, 6) is 0. The first kappa shape index (κ1) is 7.21. The summed E-state index contributed by atoms with van der Waals surface area (Å²) in [7, 11) is 0. The molecule has 0 aliphatic rings. The second kappa shape index (κ2) is 4.37. The van der Waals surface area contributed by atoms with E-state index in [0.29, 0.717) is 0 Å². The summed E-state index contributed by atoms with van der Waals surface area (Å²) in [5.41, 5.74) is 1.21. The zero-order chi connectivity index (χ0) is 6.41. The predicted octanol–water partition coefficient (Wildman–Crippen LogP) is 1.80. The van der Waals surface area contributed by atoms with Crippen molar-refractivity contribution in [1.29, 1.82) is 0 Å². The van der Waals surface area contributed by atoms with E-state index in [1.807, 2.05) is 6.92 Å². The number of hydrogen-bond acceptors (Lipinski definition) is 2. The third kappa shape index (κ3) is 3.40. The molecule has 0 rings (SSSR count). The molecule has 0 atom stereocenters. The summed E-state index contributed by atoms with van der Waals surface area (Å²) in [4.78, 5) is 0. The molecule has 0 saturated carbocycles. The molecule has 0 aromatic rings. The van der Waals surface area contributed by atoms with Crippen LogP contribution >= 0.6 is 0 Å². The molecule has 0 unspecified atom stereocenters. The van der Waals surface area contributed by atoms with E-state index < -0.39 is 0 Å². The van der Waals surface area contributed by atoms with E-state index in [0.717, 1.165) is 6.42 Å². The lowest BCUT2D eigenvalue weighted by Gasteiger charge is -1.86. The van der Waals surface area contributed by atoms with Gasteiger partial charge in [0.25, 0.3) is 0 Å². The Hall–Kier alpha value is -0.790. The van der Waals surface area contributed by atoms with Gasteiger partial charge in [-0.05, 0) is 19.4 Å². The molecule has 0 radical (unpaired) electrons. The Morgan fingerprint density at radius 1 is 1.75 bits per heavy atom. The van der Waals surface area contributed by atoms with Crippen LogP contribution in [0.15, 0.2) is 16.8 Å². The molecule has 46 valence electrons. The van der Waals surface area contributed by atoms with Crippen LogP contribution in [0.4, 0.5) is 0 Å². The molecule has 1 N–H and O–H groups in total. The molecule has 0 bridgehead atoms. The topological polar surface area (TPSA) is 32.6 Å². The molecule has 0 aliphatic carbocycles. The minimum atomic E-state index is 1.01. The molecule has 0 saturated heterocycles. The first-order valence-corrected chi connectivity index (χ1v) is 2.64. The summed E-state index contributed by atoms with van der Waals surface area (Å²) < 4.78 is 0.